The highest BCUT2D eigenvalue weighted by Gasteiger charge is 2.25. The molecule has 1 aromatic carbocycles. The Morgan fingerprint density at radius 1 is 1.23 bits per heavy atom. The first-order chi connectivity index (χ1) is 15.1. The molecule has 3 rings (SSSR count). The minimum Gasteiger partial charge on any atom is -0.489 e. The molecular weight excluding hydrogens is 397 g/mol. The normalized spacial score (nSPS) is 22.6. The summed E-state index contributed by atoms with van der Waals surface area (Å²) >= 11 is 0. The van der Waals surface area contributed by atoms with Gasteiger partial charge < -0.3 is 19.7 Å². The van der Waals surface area contributed by atoms with Crippen LogP contribution in [0, 0.1) is 23.1 Å². The second-order valence-corrected chi connectivity index (χ2v) is 8.73. The zero-order valence-corrected chi connectivity index (χ0v) is 18.4. The van der Waals surface area contributed by atoms with Crippen molar-refractivity contribution in [1.29, 1.82) is 5.26 Å². The van der Waals surface area contributed by atoms with Crippen LogP contribution in [0.3, 0.4) is 0 Å². The van der Waals surface area contributed by atoms with E-state index in [0.29, 0.717) is 24.8 Å². The van der Waals surface area contributed by atoms with E-state index < -0.39 is 5.82 Å². The number of carbonyl (C=O) groups excluding carboxylic acids is 1. The summed E-state index contributed by atoms with van der Waals surface area (Å²) in [6, 6.07) is 6.44. The fourth-order valence-corrected chi connectivity index (χ4v) is 4.58. The number of nitrogens with one attached hydrogen (secondary N) is 1. The smallest absolute Gasteiger partial charge is 0.222 e. The van der Waals surface area contributed by atoms with Crippen LogP contribution >= 0.6 is 0 Å². The number of hydrogen-bond acceptors (Lipinski definition) is 5. The third-order valence-electron chi connectivity index (χ3n) is 6.49. The number of amides is 1. The molecule has 1 saturated carbocycles. The van der Waals surface area contributed by atoms with Gasteiger partial charge >= 0.3 is 0 Å². The summed E-state index contributed by atoms with van der Waals surface area (Å²) in [6.45, 7) is 3.55. The Bertz CT molecular complexity index is 751. The Kier molecular flexibility index (Phi) is 9.11. The number of nitrogens with zero attached hydrogens (tertiary/aromatic N) is 2. The number of hydrogen-bond donors (Lipinski definition) is 1. The Hall–Kier alpha value is -2.17. The van der Waals surface area contributed by atoms with Crippen molar-refractivity contribution >= 4 is 5.91 Å². The molecule has 1 aliphatic carbocycles. The van der Waals surface area contributed by atoms with Crippen LogP contribution in [0.25, 0.3) is 0 Å². The van der Waals surface area contributed by atoms with E-state index in [1.807, 2.05) is 6.07 Å². The molecule has 6 nitrogen and oxygen atoms in total. The van der Waals surface area contributed by atoms with Crippen molar-refractivity contribution in [2.45, 2.75) is 63.5 Å². The summed E-state index contributed by atoms with van der Waals surface area (Å²) in [5.41, 5.74) is 0.257. The molecule has 1 aromatic rings. The van der Waals surface area contributed by atoms with E-state index in [0.717, 1.165) is 51.2 Å². The Balaban J connectivity index is 1.31. The van der Waals surface area contributed by atoms with Crippen LogP contribution in [0.5, 0.6) is 5.75 Å². The minimum absolute atomic E-state index is 0.0750. The maximum absolute atomic E-state index is 13.3. The maximum atomic E-state index is 13.3. The summed E-state index contributed by atoms with van der Waals surface area (Å²) < 4.78 is 24.2. The van der Waals surface area contributed by atoms with Gasteiger partial charge in [0.1, 0.15) is 23.7 Å². The zero-order valence-electron chi connectivity index (χ0n) is 18.4. The average molecular weight is 432 g/mol. The van der Waals surface area contributed by atoms with Crippen LogP contribution in [0.4, 0.5) is 4.39 Å². The van der Waals surface area contributed by atoms with Crippen molar-refractivity contribution in [3.63, 3.8) is 0 Å². The van der Waals surface area contributed by atoms with Gasteiger partial charge in [-0.05, 0) is 75.6 Å². The molecule has 0 spiro atoms. The number of likely N-dealkylation sites (tertiary alicyclic amines) is 1. The van der Waals surface area contributed by atoms with Gasteiger partial charge in [-0.15, -0.1) is 0 Å². The second-order valence-electron chi connectivity index (χ2n) is 8.73. The van der Waals surface area contributed by atoms with Gasteiger partial charge in [0.2, 0.25) is 5.91 Å². The van der Waals surface area contributed by atoms with Gasteiger partial charge in [-0.1, -0.05) is 0 Å². The highest BCUT2D eigenvalue weighted by atomic mass is 19.1. The molecule has 1 heterocycles. The molecule has 0 radical (unpaired) electrons. The minimum atomic E-state index is -0.416. The highest BCUT2D eigenvalue weighted by Crippen LogP contribution is 2.28. The number of rotatable bonds is 9. The van der Waals surface area contributed by atoms with Crippen molar-refractivity contribution in [2.75, 3.05) is 33.4 Å². The number of nitriles is 1. The number of methoxy groups -OCH3 is 1. The van der Waals surface area contributed by atoms with Gasteiger partial charge in [0.25, 0.3) is 0 Å². The van der Waals surface area contributed by atoms with Gasteiger partial charge in [0, 0.05) is 32.7 Å². The van der Waals surface area contributed by atoms with Gasteiger partial charge in [-0.25, -0.2) is 4.39 Å². The summed E-state index contributed by atoms with van der Waals surface area (Å²) in [7, 11) is 1.62. The third kappa shape index (κ3) is 7.48. The molecule has 2 aliphatic rings. The average Bonchev–Trinajstić information content (AvgIpc) is 2.79. The number of benzene rings is 1. The molecule has 1 N–H and O–H groups in total. The van der Waals surface area contributed by atoms with Crippen LogP contribution in [-0.4, -0.2) is 56.3 Å². The van der Waals surface area contributed by atoms with Crippen molar-refractivity contribution < 1.29 is 18.7 Å². The Morgan fingerprint density at radius 2 is 1.97 bits per heavy atom. The monoisotopic (exact) mass is 431 g/mol. The molecule has 1 aliphatic heterocycles. The summed E-state index contributed by atoms with van der Waals surface area (Å²) in [5, 5.41) is 12.3. The molecule has 2 fully saturated rings. The fraction of sp³-hybridized carbons (Fsp3) is 0.667. The van der Waals surface area contributed by atoms with E-state index >= 15 is 0 Å². The molecule has 0 aromatic heterocycles. The van der Waals surface area contributed by atoms with E-state index in [-0.39, 0.29) is 17.6 Å². The topological polar surface area (TPSA) is 74.6 Å². The predicted molar refractivity (Wildman–Crippen MR) is 116 cm³/mol. The van der Waals surface area contributed by atoms with Crippen molar-refractivity contribution in [1.82, 2.24) is 10.2 Å². The quantitative estimate of drug-likeness (QED) is 0.646. The molecule has 0 unspecified atom stereocenters. The van der Waals surface area contributed by atoms with E-state index in [1.165, 1.54) is 31.4 Å². The molecule has 170 valence electrons. The van der Waals surface area contributed by atoms with Gasteiger partial charge in [-0.3, -0.25) is 4.79 Å². The second kappa shape index (κ2) is 12.0. The first-order valence-corrected chi connectivity index (χ1v) is 11.4. The van der Waals surface area contributed by atoms with E-state index in [2.05, 4.69) is 10.2 Å². The van der Waals surface area contributed by atoms with E-state index in [4.69, 9.17) is 9.47 Å². The molecule has 1 saturated heterocycles. The summed E-state index contributed by atoms with van der Waals surface area (Å²) in [4.78, 5) is 14.3. The highest BCUT2D eigenvalue weighted by molar-refractivity contribution is 5.76. The van der Waals surface area contributed by atoms with Crippen LogP contribution in [0.15, 0.2) is 18.2 Å². The van der Waals surface area contributed by atoms with Gasteiger partial charge in [0.15, 0.2) is 0 Å². The molecule has 0 bridgehead atoms. The fourth-order valence-electron chi connectivity index (χ4n) is 4.58. The first-order valence-electron chi connectivity index (χ1n) is 11.4. The zero-order chi connectivity index (χ0) is 22.1. The lowest BCUT2D eigenvalue weighted by molar-refractivity contribution is -0.122. The van der Waals surface area contributed by atoms with Gasteiger partial charge in [-0.2, -0.15) is 5.26 Å². The van der Waals surface area contributed by atoms with E-state index in [9.17, 15) is 14.4 Å². The van der Waals surface area contributed by atoms with E-state index in [1.54, 1.807) is 13.2 Å². The SMILES string of the molecule is COCCC(=O)N[C@H]1CC[C@H](CCN2CCC(Oc3ccc(F)cc3C#N)CC2)CC1. The molecule has 1 amide bonds. The third-order valence-corrected chi connectivity index (χ3v) is 6.49. The number of piperidine rings is 1. The standard InChI is InChI=1S/C24H34FN3O3/c1-30-15-11-24(29)27-21-5-2-18(3-6-21)8-12-28-13-9-22(10-14-28)31-23-7-4-20(25)16-19(23)17-26/h4,7,16,18,21-22H,2-3,5-6,8-15H2,1H3,(H,27,29)/t18-,21-. The molecular formula is C24H34FN3O3. The molecule has 0 atom stereocenters. The lowest BCUT2D eigenvalue weighted by Gasteiger charge is -2.34. The first kappa shape index (κ1) is 23.5. The number of carbonyl (C=O) groups is 1. The summed E-state index contributed by atoms with van der Waals surface area (Å²) in [5.74, 6) is 0.895. The number of halogens is 1. The number of ether oxygens (including phenoxy) is 2. The van der Waals surface area contributed by atoms with Crippen LogP contribution in [0.1, 0.15) is 56.9 Å². The Labute approximate surface area is 184 Å². The summed E-state index contributed by atoms with van der Waals surface area (Å²) in [6.07, 6.45) is 8.04. The predicted octanol–water partition coefficient (Wildman–Crippen LogP) is 3.64. The van der Waals surface area contributed by atoms with Gasteiger partial charge in [0.05, 0.1) is 12.2 Å². The van der Waals surface area contributed by atoms with Crippen molar-refractivity contribution in [3.8, 4) is 11.8 Å². The lowest BCUT2D eigenvalue weighted by Crippen LogP contribution is -2.40. The molecule has 31 heavy (non-hydrogen) atoms. The van der Waals surface area contributed by atoms with Crippen LogP contribution < -0.4 is 10.1 Å². The van der Waals surface area contributed by atoms with Crippen LogP contribution in [-0.2, 0) is 9.53 Å². The van der Waals surface area contributed by atoms with Crippen molar-refractivity contribution in [3.05, 3.63) is 29.6 Å². The van der Waals surface area contributed by atoms with Crippen LogP contribution in [0.2, 0.25) is 0 Å². The maximum Gasteiger partial charge on any atom is 0.222 e. The Morgan fingerprint density at radius 3 is 2.65 bits per heavy atom. The van der Waals surface area contributed by atoms with Crippen molar-refractivity contribution in [2.24, 2.45) is 5.92 Å². The largest absolute Gasteiger partial charge is 0.489 e. The molecule has 7 heteroatoms. The lowest BCUT2D eigenvalue weighted by atomic mass is 9.84.